The molecule has 0 aliphatic heterocycles. The number of hydrogen-bond acceptors (Lipinski definition) is 5. The van der Waals surface area contributed by atoms with Crippen molar-refractivity contribution in [1.82, 2.24) is 19.9 Å². The van der Waals surface area contributed by atoms with E-state index in [4.69, 9.17) is 0 Å². The van der Waals surface area contributed by atoms with Crippen LogP contribution in [0.4, 0.5) is 0 Å². The normalized spacial score (nSPS) is 11.8. The maximum Gasteiger partial charge on any atom is 0.220 e. The first kappa shape index (κ1) is 18.4. The van der Waals surface area contributed by atoms with Crippen LogP contribution in [-0.2, 0) is 21.1 Å². The molecule has 0 aromatic carbocycles. The lowest BCUT2D eigenvalue weighted by molar-refractivity contribution is -0.121. The van der Waals surface area contributed by atoms with Gasteiger partial charge in [-0.2, -0.15) is 5.10 Å². The second-order valence-corrected chi connectivity index (χ2v) is 8.41. The van der Waals surface area contributed by atoms with Crippen molar-refractivity contribution in [1.29, 1.82) is 0 Å². The van der Waals surface area contributed by atoms with Crippen LogP contribution in [0, 0.1) is 20.8 Å². The van der Waals surface area contributed by atoms with E-state index in [1.165, 1.54) is 6.26 Å². The molecule has 0 fully saturated rings. The molecule has 2 rings (SSSR count). The Bertz CT molecular complexity index is 856. The Morgan fingerprint density at radius 2 is 2.00 bits per heavy atom. The Kier molecular flexibility index (Phi) is 5.58. The maximum absolute atomic E-state index is 11.9. The first-order valence-corrected chi connectivity index (χ1v) is 10.0. The molecule has 132 valence electrons. The summed E-state index contributed by atoms with van der Waals surface area (Å²) in [5.74, 6) is 0.00381. The second-order valence-electron chi connectivity index (χ2n) is 6.15. The van der Waals surface area contributed by atoms with Crippen LogP contribution < -0.4 is 5.32 Å². The molecule has 1 amide bonds. The lowest BCUT2D eigenvalue weighted by Gasteiger charge is -2.11. The van der Waals surface area contributed by atoms with Gasteiger partial charge in [-0.25, -0.2) is 17.9 Å². The fourth-order valence-electron chi connectivity index (χ4n) is 2.69. The molecule has 0 bridgehead atoms. The zero-order valence-corrected chi connectivity index (χ0v) is 15.4. The third-order valence-electron chi connectivity index (χ3n) is 3.90. The van der Waals surface area contributed by atoms with Crippen LogP contribution in [-0.4, -0.2) is 47.5 Å². The van der Waals surface area contributed by atoms with Gasteiger partial charge in [0.25, 0.3) is 0 Å². The van der Waals surface area contributed by atoms with Gasteiger partial charge < -0.3 is 5.32 Å². The number of hydrogen-bond donors (Lipinski definition) is 1. The van der Waals surface area contributed by atoms with E-state index in [-0.39, 0.29) is 11.7 Å². The highest BCUT2D eigenvalue weighted by Crippen LogP contribution is 2.16. The van der Waals surface area contributed by atoms with E-state index in [2.05, 4.69) is 15.4 Å². The van der Waals surface area contributed by atoms with Crippen molar-refractivity contribution in [3.63, 3.8) is 0 Å². The smallest absolute Gasteiger partial charge is 0.220 e. The van der Waals surface area contributed by atoms with Gasteiger partial charge in [-0.3, -0.25) is 4.79 Å². The molecule has 0 aliphatic carbocycles. The highest BCUT2D eigenvalue weighted by molar-refractivity contribution is 7.90. The Morgan fingerprint density at radius 1 is 1.29 bits per heavy atom. The summed E-state index contributed by atoms with van der Waals surface area (Å²) >= 11 is 0. The van der Waals surface area contributed by atoms with Gasteiger partial charge in [0, 0.05) is 36.7 Å². The fraction of sp³-hybridized carbons (Fsp3) is 0.562. The minimum atomic E-state index is -2.98. The standard InChI is InChI=1S/C16H24N4O3S/c1-11-10-15-18-12(2)14(13(3)20(15)19-11)6-7-16(21)17-8-5-9-24(4,22)23/h10H,5-9H2,1-4H3,(H,17,21). The predicted octanol–water partition coefficient (Wildman–Crippen LogP) is 1.14. The molecule has 0 saturated carbocycles. The zero-order chi connectivity index (χ0) is 17.9. The molecule has 0 unspecified atom stereocenters. The first-order chi connectivity index (χ1) is 11.2. The molecular weight excluding hydrogens is 328 g/mol. The average molecular weight is 352 g/mol. The summed E-state index contributed by atoms with van der Waals surface area (Å²) < 4.78 is 23.9. The third-order valence-corrected chi connectivity index (χ3v) is 4.93. The highest BCUT2D eigenvalue weighted by Gasteiger charge is 2.12. The number of carbonyl (C=O) groups excluding carboxylic acids is 1. The molecule has 0 atom stereocenters. The number of fused-ring (bicyclic) bond motifs is 1. The molecule has 2 aromatic rings. The summed E-state index contributed by atoms with van der Waals surface area (Å²) in [5, 5.41) is 7.18. The van der Waals surface area contributed by atoms with E-state index in [0.29, 0.717) is 25.8 Å². The van der Waals surface area contributed by atoms with E-state index in [9.17, 15) is 13.2 Å². The Hall–Kier alpha value is -1.96. The molecule has 0 saturated heterocycles. The summed E-state index contributed by atoms with van der Waals surface area (Å²) in [7, 11) is -2.98. The zero-order valence-electron chi connectivity index (χ0n) is 14.6. The quantitative estimate of drug-likeness (QED) is 0.754. The Labute approximate surface area is 142 Å². The highest BCUT2D eigenvalue weighted by atomic mass is 32.2. The Balaban J connectivity index is 1.94. The van der Waals surface area contributed by atoms with Gasteiger partial charge in [0.15, 0.2) is 5.65 Å². The molecule has 0 spiro atoms. The first-order valence-electron chi connectivity index (χ1n) is 7.94. The number of carbonyl (C=O) groups is 1. The van der Waals surface area contributed by atoms with Crippen molar-refractivity contribution in [2.75, 3.05) is 18.6 Å². The van der Waals surface area contributed by atoms with Crippen molar-refractivity contribution in [2.24, 2.45) is 0 Å². The van der Waals surface area contributed by atoms with Crippen LogP contribution in [0.3, 0.4) is 0 Å². The van der Waals surface area contributed by atoms with E-state index >= 15 is 0 Å². The van der Waals surface area contributed by atoms with Crippen LogP contribution in [0.5, 0.6) is 0 Å². The molecular formula is C16H24N4O3S. The molecule has 0 radical (unpaired) electrons. The molecule has 7 nitrogen and oxygen atoms in total. The van der Waals surface area contributed by atoms with E-state index < -0.39 is 9.84 Å². The molecule has 0 aliphatic rings. The summed E-state index contributed by atoms with van der Waals surface area (Å²) in [6.07, 6.45) is 2.55. The summed E-state index contributed by atoms with van der Waals surface area (Å²) in [6.45, 7) is 6.22. The monoisotopic (exact) mass is 352 g/mol. The summed E-state index contributed by atoms with van der Waals surface area (Å²) in [5.41, 5.74) is 4.65. The van der Waals surface area contributed by atoms with Gasteiger partial charge in [0.1, 0.15) is 9.84 Å². The lowest BCUT2D eigenvalue weighted by Crippen LogP contribution is -2.26. The lowest BCUT2D eigenvalue weighted by atomic mass is 10.1. The SMILES string of the molecule is Cc1cc2nc(C)c(CCC(=O)NCCCS(C)(=O)=O)c(C)n2n1. The van der Waals surface area contributed by atoms with Gasteiger partial charge in [0.2, 0.25) is 5.91 Å². The number of sulfone groups is 1. The number of nitrogens with zero attached hydrogens (tertiary/aromatic N) is 3. The molecule has 24 heavy (non-hydrogen) atoms. The molecule has 2 aromatic heterocycles. The number of nitrogens with one attached hydrogen (secondary N) is 1. The van der Waals surface area contributed by atoms with Crippen LogP contribution in [0.2, 0.25) is 0 Å². The van der Waals surface area contributed by atoms with Gasteiger partial charge >= 0.3 is 0 Å². The van der Waals surface area contributed by atoms with E-state index in [0.717, 1.165) is 28.3 Å². The van der Waals surface area contributed by atoms with E-state index in [1.807, 2.05) is 31.4 Å². The van der Waals surface area contributed by atoms with Gasteiger partial charge in [-0.15, -0.1) is 0 Å². The van der Waals surface area contributed by atoms with Crippen molar-refractivity contribution in [3.05, 3.63) is 28.7 Å². The molecule has 2 heterocycles. The van der Waals surface area contributed by atoms with Gasteiger partial charge in [-0.1, -0.05) is 0 Å². The number of aromatic nitrogens is 3. The fourth-order valence-corrected chi connectivity index (χ4v) is 3.36. The van der Waals surface area contributed by atoms with Crippen molar-refractivity contribution < 1.29 is 13.2 Å². The topological polar surface area (TPSA) is 93.4 Å². The number of amides is 1. The van der Waals surface area contributed by atoms with Crippen molar-refractivity contribution >= 4 is 21.4 Å². The van der Waals surface area contributed by atoms with Crippen molar-refractivity contribution in [3.8, 4) is 0 Å². The number of rotatable bonds is 7. The predicted molar refractivity (Wildman–Crippen MR) is 92.9 cm³/mol. The second kappa shape index (κ2) is 7.29. The molecule has 1 N–H and O–H groups in total. The Morgan fingerprint density at radius 3 is 2.67 bits per heavy atom. The van der Waals surface area contributed by atoms with Crippen LogP contribution in [0.25, 0.3) is 5.65 Å². The van der Waals surface area contributed by atoms with Gasteiger partial charge in [-0.05, 0) is 39.2 Å². The van der Waals surface area contributed by atoms with Crippen LogP contribution in [0.1, 0.15) is 35.5 Å². The summed E-state index contributed by atoms with van der Waals surface area (Å²) in [6, 6.07) is 1.93. The average Bonchev–Trinajstić information content (AvgIpc) is 2.83. The number of aryl methyl sites for hydroxylation is 3. The maximum atomic E-state index is 11.9. The van der Waals surface area contributed by atoms with Crippen LogP contribution in [0.15, 0.2) is 6.07 Å². The minimum absolute atomic E-state index is 0.0842. The van der Waals surface area contributed by atoms with E-state index in [1.54, 1.807) is 0 Å². The van der Waals surface area contributed by atoms with Gasteiger partial charge in [0.05, 0.1) is 11.4 Å². The summed E-state index contributed by atoms with van der Waals surface area (Å²) in [4.78, 5) is 16.5. The third kappa shape index (κ3) is 4.77. The van der Waals surface area contributed by atoms with Crippen molar-refractivity contribution in [2.45, 2.75) is 40.0 Å². The largest absolute Gasteiger partial charge is 0.356 e. The minimum Gasteiger partial charge on any atom is -0.356 e. The molecule has 8 heteroatoms. The van der Waals surface area contributed by atoms with Crippen LogP contribution >= 0.6 is 0 Å².